The lowest BCUT2D eigenvalue weighted by Crippen LogP contribution is -2.36. The quantitative estimate of drug-likeness (QED) is 0.628. The monoisotopic (exact) mass is 304 g/mol. The molecule has 2 N–H and O–H groups in total. The van der Waals surface area contributed by atoms with Crippen molar-refractivity contribution in [3.63, 3.8) is 0 Å². The molecule has 0 aliphatic heterocycles. The third-order valence-corrected chi connectivity index (χ3v) is 3.12. The van der Waals surface area contributed by atoms with Crippen LogP contribution in [0, 0.1) is 0 Å². The molecule has 0 unspecified atom stereocenters. The van der Waals surface area contributed by atoms with Gasteiger partial charge in [0.25, 0.3) is 0 Å². The lowest BCUT2D eigenvalue weighted by atomic mass is 10.1. The number of nitrogens with zero attached hydrogens (tertiary/aromatic N) is 4. The summed E-state index contributed by atoms with van der Waals surface area (Å²) >= 11 is 0. The average molecular weight is 304 g/mol. The van der Waals surface area contributed by atoms with Gasteiger partial charge in [-0.05, 0) is 12.8 Å². The molecular formula is C15H24N6O. The number of nitrogens with one attached hydrogen (secondary N) is 2. The minimum absolute atomic E-state index is 0.366. The summed E-state index contributed by atoms with van der Waals surface area (Å²) in [7, 11) is 1.90. The molecule has 0 spiro atoms. The number of aromatic nitrogens is 3. The van der Waals surface area contributed by atoms with Crippen molar-refractivity contribution in [2.24, 2.45) is 12.0 Å². The molecular weight excluding hydrogens is 280 g/mol. The van der Waals surface area contributed by atoms with E-state index in [9.17, 15) is 0 Å². The zero-order valence-corrected chi connectivity index (χ0v) is 13.6. The molecule has 0 aliphatic carbocycles. The molecule has 0 fully saturated rings. The highest BCUT2D eigenvalue weighted by atomic mass is 16.5. The normalized spacial score (nSPS) is 12.0. The fourth-order valence-electron chi connectivity index (χ4n) is 1.92. The van der Waals surface area contributed by atoms with Crippen LogP contribution in [0.15, 0.2) is 28.0 Å². The predicted molar refractivity (Wildman–Crippen MR) is 85.5 cm³/mol. The van der Waals surface area contributed by atoms with E-state index < -0.39 is 0 Å². The van der Waals surface area contributed by atoms with Crippen molar-refractivity contribution >= 4 is 5.96 Å². The van der Waals surface area contributed by atoms with Crippen molar-refractivity contribution in [2.75, 3.05) is 6.54 Å². The Morgan fingerprint density at radius 3 is 2.82 bits per heavy atom. The van der Waals surface area contributed by atoms with E-state index in [0.29, 0.717) is 19.0 Å². The van der Waals surface area contributed by atoms with Gasteiger partial charge in [0, 0.05) is 31.4 Å². The molecule has 7 nitrogen and oxygen atoms in total. The molecule has 2 heterocycles. The Morgan fingerprint density at radius 2 is 2.23 bits per heavy atom. The van der Waals surface area contributed by atoms with Crippen LogP contribution in [-0.2, 0) is 20.1 Å². The Labute approximate surface area is 130 Å². The second-order valence-electron chi connectivity index (χ2n) is 5.44. The summed E-state index contributed by atoms with van der Waals surface area (Å²) < 4.78 is 7.08. The zero-order chi connectivity index (χ0) is 15.9. The van der Waals surface area contributed by atoms with Crippen LogP contribution in [0.2, 0.25) is 0 Å². The number of hydrogen-bond donors (Lipinski definition) is 2. The first kappa shape index (κ1) is 16.1. The van der Waals surface area contributed by atoms with E-state index in [2.05, 4.69) is 39.7 Å². The lowest BCUT2D eigenvalue weighted by Gasteiger charge is -2.09. The summed E-state index contributed by atoms with van der Waals surface area (Å²) in [6, 6.07) is 1.97. The molecule has 0 saturated heterocycles. The Morgan fingerprint density at radius 1 is 1.41 bits per heavy atom. The largest absolute Gasteiger partial charge is 0.359 e. The van der Waals surface area contributed by atoms with Gasteiger partial charge in [-0.3, -0.25) is 4.68 Å². The molecule has 2 aromatic rings. The summed E-state index contributed by atoms with van der Waals surface area (Å²) in [5, 5.41) is 14.6. The number of guanidine groups is 1. The average Bonchev–Trinajstić information content (AvgIpc) is 3.11. The van der Waals surface area contributed by atoms with Gasteiger partial charge in [0.15, 0.2) is 11.7 Å². The third-order valence-electron chi connectivity index (χ3n) is 3.12. The van der Waals surface area contributed by atoms with Gasteiger partial charge in [-0.15, -0.1) is 0 Å². The summed E-state index contributed by atoms with van der Waals surface area (Å²) in [4.78, 5) is 4.53. The maximum absolute atomic E-state index is 5.31. The van der Waals surface area contributed by atoms with Crippen molar-refractivity contribution in [3.8, 4) is 0 Å². The topological polar surface area (TPSA) is 80.3 Å². The molecule has 0 amide bonds. The summed E-state index contributed by atoms with van der Waals surface area (Å²) in [6.07, 6.45) is 3.77. The summed E-state index contributed by atoms with van der Waals surface area (Å²) in [6.45, 7) is 8.15. The first-order valence-corrected chi connectivity index (χ1v) is 7.53. The van der Waals surface area contributed by atoms with Gasteiger partial charge in [-0.1, -0.05) is 19.0 Å². The standard InChI is InChI=1S/C15H24N6O/c1-5-16-15(17-7-12-8-19-21(4)10-12)18-9-13-6-14(11(2)3)20-22-13/h6,8,10-11H,5,7,9H2,1-4H3,(H2,16,17,18). The first-order valence-electron chi connectivity index (χ1n) is 7.53. The van der Waals surface area contributed by atoms with Crippen LogP contribution in [-0.4, -0.2) is 27.4 Å². The fourth-order valence-corrected chi connectivity index (χ4v) is 1.92. The molecule has 0 atom stereocenters. The van der Waals surface area contributed by atoms with Gasteiger partial charge in [0.05, 0.1) is 25.0 Å². The van der Waals surface area contributed by atoms with Crippen molar-refractivity contribution in [2.45, 2.75) is 39.8 Å². The van der Waals surface area contributed by atoms with E-state index in [1.807, 2.05) is 32.4 Å². The first-order chi connectivity index (χ1) is 10.6. The second-order valence-corrected chi connectivity index (χ2v) is 5.44. The Kier molecular flexibility index (Phi) is 5.57. The van der Waals surface area contributed by atoms with Crippen molar-refractivity contribution in [1.82, 2.24) is 25.6 Å². The van der Waals surface area contributed by atoms with Gasteiger partial charge in [0.1, 0.15) is 0 Å². The van der Waals surface area contributed by atoms with Gasteiger partial charge >= 0.3 is 0 Å². The van der Waals surface area contributed by atoms with Gasteiger partial charge in [-0.2, -0.15) is 5.10 Å². The SMILES string of the molecule is CCNC(=NCc1cnn(C)c1)NCc1cc(C(C)C)no1. The Hall–Kier alpha value is -2.31. The van der Waals surface area contributed by atoms with E-state index in [0.717, 1.165) is 29.5 Å². The molecule has 0 radical (unpaired) electrons. The third kappa shape index (κ3) is 4.61. The maximum atomic E-state index is 5.31. The fraction of sp³-hybridized carbons (Fsp3) is 0.533. The lowest BCUT2D eigenvalue weighted by molar-refractivity contribution is 0.372. The van der Waals surface area contributed by atoms with Crippen LogP contribution in [0.4, 0.5) is 0 Å². The number of rotatable bonds is 6. The highest BCUT2D eigenvalue weighted by molar-refractivity contribution is 5.79. The molecule has 0 saturated carbocycles. The van der Waals surface area contributed by atoms with E-state index in [1.165, 1.54) is 0 Å². The molecule has 2 aromatic heterocycles. The van der Waals surface area contributed by atoms with Crippen molar-refractivity contribution in [3.05, 3.63) is 35.5 Å². The summed E-state index contributed by atoms with van der Waals surface area (Å²) in [5.41, 5.74) is 2.04. The maximum Gasteiger partial charge on any atom is 0.191 e. The van der Waals surface area contributed by atoms with E-state index in [-0.39, 0.29) is 0 Å². The highest BCUT2D eigenvalue weighted by Crippen LogP contribution is 2.13. The molecule has 7 heteroatoms. The molecule has 22 heavy (non-hydrogen) atoms. The van der Waals surface area contributed by atoms with Crippen LogP contribution in [0.3, 0.4) is 0 Å². The minimum Gasteiger partial charge on any atom is -0.359 e. The van der Waals surface area contributed by atoms with Crippen LogP contribution in [0.1, 0.15) is 43.7 Å². The van der Waals surface area contributed by atoms with E-state index in [1.54, 1.807) is 4.68 Å². The minimum atomic E-state index is 0.366. The van der Waals surface area contributed by atoms with Crippen molar-refractivity contribution in [1.29, 1.82) is 0 Å². The molecule has 2 rings (SSSR count). The molecule has 0 bridgehead atoms. The number of aliphatic imine (C=N–C) groups is 1. The van der Waals surface area contributed by atoms with E-state index >= 15 is 0 Å². The van der Waals surface area contributed by atoms with Gasteiger partial charge in [-0.25, -0.2) is 4.99 Å². The van der Waals surface area contributed by atoms with Crippen LogP contribution < -0.4 is 10.6 Å². The molecule has 120 valence electrons. The second kappa shape index (κ2) is 7.63. The van der Waals surface area contributed by atoms with Crippen molar-refractivity contribution < 1.29 is 4.52 Å². The molecule has 0 aliphatic rings. The number of hydrogen-bond acceptors (Lipinski definition) is 4. The van der Waals surface area contributed by atoms with Gasteiger partial charge in [0.2, 0.25) is 0 Å². The molecule has 0 aromatic carbocycles. The Bertz CT molecular complexity index is 613. The Balaban J connectivity index is 1.92. The van der Waals surface area contributed by atoms with Crippen LogP contribution in [0.5, 0.6) is 0 Å². The smallest absolute Gasteiger partial charge is 0.191 e. The summed E-state index contributed by atoms with van der Waals surface area (Å²) in [5.74, 6) is 1.91. The predicted octanol–water partition coefficient (Wildman–Crippen LogP) is 1.79. The number of aryl methyl sites for hydroxylation is 1. The zero-order valence-electron chi connectivity index (χ0n) is 13.6. The van der Waals surface area contributed by atoms with E-state index in [4.69, 9.17) is 4.52 Å². The highest BCUT2D eigenvalue weighted by Gasteiger charge is 2.08. The van der Waals surface area contributed by atoms with Crippen LogP contribution >= 0.6 is 0 Å². The van der Waals surface area contributed by atoms with Gasteiger partial charge < -0.3 is 15.2 Å². The van der Waals surface area contributed by atoms with Crippen LogP contribution in [0.25, 0.3) is 0 Å².